The molecule has 1 saturated heterocycles. The van der Waals surface area contributed by atoms with Gasteiger partial charge in [0.25, 0.3) is 10.2 Å². The van der Waals surface area contributed by atoms with Crippen molar-refractivity contribution in [3.8, 4) is 0 Å². The molecule has 1 fully saturated rings. The average Bonchev–Trinajstić information content (AvgIpc) is 2.71. The SMILES string of the molecule is CCCNS(=O)(=O)N1CC(OC)CC1C(=O)O. The average molecular weight is 266 g/mol. The maximum atomic E-state index is 11.9. The zero-order chi connectivity index (χ0) is 13.1. The highest BCUT2D eigenvalue weighted by atomic mass is 32.2. The summed E-state index contributed by atoms with van der Waals surface area (Å²) in [5.41, 5.74) is 0. The van der Waals surface area contributed by atoms with E-state index in [0.29, 0.717) is 13.0 Å². The predicted octanol–water partition coefficient (Wildman–Crippen LogP) is -0.595. The smallest absolute Gasteiger partial charge is 0.322 e. The molecule has 0 bridgehead atoms. The van der Waals surface area contributed by atoms with E-state index in [1.165, 1.54) is 7.11 Å². The lowest BCUT2D eigenvalue weighted by Gasteiger charge is -2.20. The van der Waals surface area contributed by atoms with E-state index in [2.05, 4.69) is 4.72 Å². The van der Waals surface area contributed by atoms with Gasteiger partial charge in [0.1, 0.15) is 6.04 Å². The molecular weight excluding hydrogens is 248 g/mol. The number of nitrogens with one attached hydrogen (secondary N) is 1. The van der Waals surface area contributed by atoms with Crippen molar-refractivity contribution >= 4 is 16.2 Å². The second-order valence-electron chi connectivity index (χ2n) is 3.92. The van der Waals surface area contributed by atoms with Crippen LogP contribution in [0.1, 0.15) is 19.8 Å². The molecular formula is C9H18N2O5S. The minimum atomic E-state index is -3.74. The number of nitrogens with zero attached hydrogens (tertiary/aromatic N) is 1. The number of methoxy groups -OCH3 is 1. The van der Waals surface area contributed by atoms with Crippen molar-refractivity contribution < 1.29 is 23.1 Å². The van der Waals surface area contributed by atoms with Gasteiger partial charge >= 0.3 is 5.97 Å². The van der Waals surface area contributed by atoms with Gasteiger partial charge in [-0.3, -0.25) is 4.79 Å². The molecule has 0 aromatic heterocycles. The van der Waals surface area contributed by atoms with Crippen molar-refractivity contribution in [2.24, 2.45) is 0 Å². The second kappa shape index (κ2) is 5.76. The van der Waals surface area contributed by atoms with Crippen LogP contribution in [0.5, 0.6) is 0 Å². The molecule has 0 aromatic rings. The van der Waals surface area contributed by atoms with E-state index in [9.17, 15) is 13.2 Å². The third-order valence-corrected chi connectivity index (χ3v) is 4.27. The van der Waals surface area contributed by atoms with Crippen LogP contribution >= 0.6 is 0 Å². The van der Waals surface area contributed by atoms with Crippen LogP contribution in [0.4, 0.5) is 0 Å². The molecule has 0 radical (unpaired) electrons. The van der Waals surface area contributed by atoms with Crippen LogP contribution in [-0.4, -0.2) is 56.1 Å². The summed E-state index contributed by atoms with van der Waals surface area (Å²) in [5, 5.41) is 9.00. The van der Waals surface area contributed by atoms with Crippen LogP contribution in [0.2, 0.25) is 0 Å². The lowest BCUT2D eigenvalue weighted by molar-refractivity contribution is -0.140. The van der Waals surface area contributed by atoms with E-state index in [0.717, 1.165) is 4.31 Å². The van der Waals surface area contributed by atoms with Crippen molar-refractivity contribution in [1.29, 1.82) is 0 Å². The van der Waals surface area contributed by atoms with Crippen LogP contribution in [-0.2, 0) is 19.7 Å². The summed E-state index contributed by atoms with van der Waals surface area (Å²) >= 11 is 0. The molecule has 1 heterocycles. The molecule has 2 N–H and O–H groups in total. The molecule has 1 aliphatic heterocycles. The summed E-state index contributed by atoms with van der Waals surface area (Å²) < 4.78 is 32.1. The number of hydrogen-bond donors (Lipinski definition) is 2. The first kappa shape index (κ1) is 14.4. The number of rotatable bonds is 6. The van der Waals surface area contributed by atoms with Crippen LogP contribution in [0.15, 0.2) is 0 Å². The quantitative estimate of drug-likeness (QED) is 0.669. The van der Waals surface area contributed by atoms with Gasteiger partial charge in [0.05, 0.1) is 6.10 Å². The van der Waals surface area contributed by atoms with Crippen molar-refractivity contribution in [3.05, 3.63) is 0 Å². The normalized spacial score (nSPS) is 26.2. The van der Waals surface area contributed by atoms with Crippen LogP contribution in [0, 0.1) is 0 Å². The largest absolute Gasteiger partial charge is 0.480 e. The molecule has 100 valence electrons. The number of aliphatic carboxylic acids is 1. The third kappa shape index (κ3) is 3.38. The topological polar surface area (TPSA) is 95.9 Å². The lowest BCUT2D eigenvalue weighted by atomic mass is 10.2. The molecule has 17 heavy (non-hydrogen) atoms. The number of hydrogen-bond acceptors (Lipinski definition) is 4. The van der Waals surface area contributed by atoms with Crippen molar-refractivity contribution in [1.82, 2.24) is 9.03 Å². The Labute approximate surface area is 101 Å². The fourth-order valence-electron chi connectivity index (χ4n) is 1.74. The van der Waals surface area contributed by atoms with E-state index in [-0.39, 0.29) is 19.1 Å². The van der Waals surface area contributed by atoms with Gasteiger partial charge in [-0.15, -0.1) is 0 Å². The number of carboxylic acids is 1. The molecule has 0 aromatic carbocycles. The molecule has 2 unspecified atom stereocenters. The van der Waals surface area contributed by atoms with Crippen LogP contribution < -0.4 is 4.72 Å². The van der Waals surface area contributed by atoms with Crippen LogP contribution in [0.25, 0.3) is 0 Å². The van der Waals surface area contributed by atoms with Gasteiger partial charge in [-0.05, 0) is 6.42 Å². The Balaban J connectivity index is 2.83. The van der Waals surface area contributed by atoms with E-state index >= 15 is 0 Å². The van der Waals surface area contributed by atoms with Gasteiger partial charge in [-0.25, -0.2) is 4.72 Å². The highest BCUT2D eigenvalue weighted by Gasteiger charge is 2.43. The lowest BCUT2D eigenvalue weighted by Crippen LogP contribution is -2.46. The Morgan fingerprint density at radius 3 is 2.71 bits per heavy atom. The Kier molecular flexibility index (Phi) is 4.87. The molecule has 7 nitrogen and oxygen atoms in total. The highest BCUT2D eigenvalue weighted by molar-refractivity contribution is 7.87. The standard InChI is InChI=1S/C9H18N2O5S/c1-3-4-10-17(14,15)11-6-7(16-2)5-8(11)9(12)13/h7-8,10H,3-6H2,1-2H3,(H,12,13). The van der Waals surface area contributed by atoms with Gasteiger partial charge in [0, 0.05) is 26.6 Å². The maximum absolute atomic E-state index is 11.9. The van der Waals surface area contributed by atoms with Crippen LogP contribution in [0.3, 0.4) is 0 Å². The Bertz CT molecular complexity index is 370. The fourth-order valence-corrected chi connectivity index (χ4v) is 3.25. The van der Waals surface area contributed by atoms with Crippen molar-refractivity contribution in [3.63, 3.8) is 0 Å². The summed E-state index contributed by atoms with van der Waals surface area (Å²) in [4.78, 5) is 11.0. The zero-order valence-corrected chi connectivity index (χ0v) is 10.7. The molecule has 0 saturated carbocycles. The first-order valence-electron chi connectivity index (χ1n) is 5.44. The summed E-state index contributed by atoms with van der Waals surface area (Å²) in [6, 6.07) is -1.05. The van der Waals surface area contributed by atoms with E-state index in [1.807, 2.05) is 6.92 Å². The van der Waals surface area contributed by atoms with Gasteiger partial charge in [-0.2, -0.15) is 12.7 Å². The first-order valence-corrected chi connectivity index (χ1v) is 6.88. The highest BCUT2D eigenvalue weighted by Crippen LogP contribution is 2.22. The summed E-state index contributed by atoms with van der Waals surface area (Å²) in [6.45, 7) is 2.20. The van der Waals surface area contributed by atoms with Crippen molar-refractivity contribution in [2.45, 2.75) is 31.9 Å². The molecule has 1 rings (SSSR count). The van der Waals surface area contributed by atoms with Gasteiger partial charge in [0.15, 0.2) is 0 Å². The van der Waals surface area contributed by atoms with Gasteiger partial charge in [0.2, 0.25) is 0 Å². The maximum Gasteiger partial charge on any atom is 0.322 e. The van der Waals surface area contributed by atoms with E-state index < -0.39 is 22.2 Å². The fraction of sp³-hybridized carbons (Fsp3) is 0.889. The summed E-state index contributed by atoms with van der Waals surface area (Å²) in [6.07, 6.45) is 0.464. The summed E-state index contributed by atoms with van der Waals surface area (Å²) in [7, 11) is -2.29. The molecule has 0 spiro atoms. The third-order valence-electron chi connectivity index (χ3n) is 2.68. The predicted molar refractivity (Wildman–Crippen MR) is 60.8 cm³/mol. The molecule has 1 aliphatic rings. The minimum absolute atomic E-state index is 0.0759. The number of carboxylic acid groups (broad SMARTS) is 1. The number of ether oxygens (including phenoxy) is 1. The first-order chi connectivity index (χ1) is 7.92. The number of carbonyl (C=O) groups is 1. The molecule has 0 aliphatic carbocycles. The van der Waals surface area contributed by atoms with E-state index in [1.54, 1.807) is 0 Å². The molecule has 2 atom stereocenters. The van der Waals surface area contributed by atoms with Gasteiger partial charge < -0.3 is 9.84 Å². The Hall–Kier alpha value is -0.700. The van der Waals surface area contributed by atoms with Gasteiger partial charge in [-0.1, -0.05) is 6.92 Å². The molecule has 8 heteroatoms. The van der Waals surface area contributed by atoms with E-state index in [4.69, 9.17) is 9.84 Å². The molecule has 0 amide bonds. The monoisotopic (exact) mass is 266 g/mol. The Morgan fingerprint density at radius 2 is 2.24 bits per heavy atom. The minimum Gasteiger partial charge on any atom is -0.480 e. The zero-order valence-electron chi connectivity index (χ0n) is 9.92. The van der Waals surface area contributed by atoms with Crippen molar-refractivity contribution in [2.75, 3.05) is 20.2 Å². The Morgan fingerprint density at radius 1 is 1.59 bits per heavy atom. The summed E-state index contributed by atoms with van der Waals surface area (Å²) in [5.74, 6) is -1.15. The second-order valence-corrected chi connectivity index (χ2v) is 5.62.